The van der Waals surface area contributed by atoms with Crippen molar-refractivity contribution >= 4 is 17.4 Å². The van der Waals surface area contributed by atoms with Gasteiger partial charge >= 0.3 is 0 Å². The Morgan fingerprint density at radius 1 is 1.17 bits per heavy atom. The second-order valence-corrected chi connectivity index (χ2v) is 7.46. The highest BCUT2D eigenvalue weighted by Gasteiger charge is 2.43. The largest absolute Gasteiger partial charge is 0.495 e. The number of hydrogen-bond acceptors (Lipinski definition) is 3. The first-order valence-corrected chi connectivity index (χ1v) is 9.20. The standard InChI is InChI=1S/C20H25NO3/c1-24-17-9-3-5-13-8-4-10-21(18(13)17)20(23)16-11-14-6-2-7-15(12-16)19(14)22/h3,5,9,14-16H,2,4,6-8,10-12H2,1H3. The van der Waals surface area contributed by atoms with Crippen molar-refractivity contribution in [2.45, 2.75) is 44.9 Å². The number of aryl methyl sites for hydroxylation is 1. The number of methoxy groups -OCH3 is 1. The van der Waals surface area contributed by atoms with Gasteiger partial charge in [0, 0.05) is 24.3 Å². The van der Waals surface area contributed by atoms with Crippen LogP contribution in [-0.2, 0) is 16.0 Å². The van der Waals surface area contributed by atoms with Crippen molar-refractivity contribution in [2.24, 2.45) is 17.8 Å². The molecule has 1 aromatic rings. The van der Waals surface area contributed by atoms with E-state index in [1.807, 2.05) is 17.0 Å². The number of benzene rings is 1. The van der Waals surface area contributed by atoms with Gasteiger partial charge in [-0.25, -0.2) is 0 Å². The number of fused-ring (bicyclic) bond motifs is 3. The maximum atomic E-state index is 13.3. The van der Waals surface area contributed by atoms with Gasteiger partial charge < -0.3 is 9.64 Å². The molecule has 1 aromatic carbocycles. The van der Waals surface area contributed by atoms with Crippen molar-refractivity contribution in [2.75, 3.05) is 18.6 Å². The Hall–Kier alpha value is -1.84. The van der Waals surface area contributed by atoms with Gasteiger partial charge in [-0.15, -0.1) is 0 Å². The Kier molecular flexibility index (Phi) is 4.07. The monoisotopic (exact) mass is 327 g/mol. The fraction of sp³-hybridized carbons (Fsp3) is 0.600. The van der Waals surface area contributed by atoms with E-state index in [0.717, 1.165) is 62.9 Å². The molecule has 2 atom stereocenters. The lowest BCUT2D eigenvalue weighted by Gasteiger charge is -2.40. The Labute approximate surface area is 143 Å². The minimum absolute atomic E-state index is 0.00568. The smallest absolute Gasteiger partial charge is 0.230 e. The predicted molar refractivity (Wildman–Crippen MR) is 92.2 cm³/mol. The molecular formula is C20H25NO3. The molecule has 0 radical (unpaired) electrons. The van der Waals surface area contributed by atoms with Crippen molar-refractivity contribution in [3.63, 3.8) is 0 Å². The Morgan fingerprint density at radius 3 is 2.62 bits per heavy atom. The topological polar surface area (TPSA) is 46.6 Å². The number of carbonyl (C=O) groups is 2. The summed E-state index contributed by atoms with van der Waals surface area (Å²) in [6.45, 7) is 0.756. The summed E-state index contributed by atoms with van der Waals surface area (Å²) in [5.74, 6) is 1.63. The van der Waals surface area contributed by atoms with Gasteiger partial charge in [-0.1, -0.05) is 18.6 Å². The summed E-state index contributed by atoms with van der Waals surface area (Å²) in [4.78, 5) is 27.5. The molecule has 24 heavy (non-hydrogen) atoms. The highest BCUT2D eigenvalue weighted by atomic mass is 16.5. The predicted octanol–water partition coefficient (Wildman–Crippen LogP) is 3.37. The summed E-state index contributed by atoms with van der Waals surface area (Å²) >= 11 is 0. The summed E-state index contributed by atoms with van der Waals surface area (Å²) in [6.07, 6.45) is 6.56. The molecule has 0 saturated heterocycles. The van der Waals surface area contributed by atoms with Gasteiger partial charge in [0.15, 0.2) is 0 Å². The molecule has 2 unspecified atom stereocenters. The van der Waals surface area contributed by atoms with E-state index in [-0.39, 0.29) is 23.7 Å². The molecule has 2 bridgehead atoms. The molecule has 4 nitrogen and oxygen atoms in total. The first-order valence-electron chi connectivity index (χ1n) is 9.20. The van der Waals surface area contributed by atoms with Gasteiger partial charge in [-0.3, -0.25) is 9.59 Å². The van der Waals surface area contributed by atoms with E-state index in [0.29, 0.717) is 5.78 Å². The number of carbonyl (C=O) groups excluding carboxylic acids is 2. The van der Waals surface area contributed by atoms with Gasteiger partial charge in [0.2, 0.25) is 5.91 Å². The van der Waals surface area contributed by atoms with Crippen molar-refractivity contribution in [1.29, 1.82) is 0 Å². The number of anilines is 1. The number of amides is 1. The first kappa shape index (κ1) is 15.7. The molecule has 1 aliphatic heterocycles. The van der Waals surface area contributed by atoms with Gasteiger partial charge in [-0.05, 0) is 50.2 Å². The van der Waals surface area contributed by atoms with Gasteiger partial charge in [0.1, 0.15) is 11.5 Å². The summed E-state index contributed by atoms with van der Waals surface area (Å²) in [5, 5.41) is 0. The van der Waals surface area contributed by atoms with Crippen LogP contribution >= 0.6 is 0 Å². The van der Waals surface area contributed by atoms with E-state index >= 15 is 0 Å². The average Bonchev–Trinajstić information content (AvgIpc) is 2.60. The zero-order valence-corrected chi connectivity index (χ0v) is 14.3. The van der Waals surface area contributed by atoms with E-state index in [1.165, 1.54) is 5.56 Å². The zero-order chi connectivity index (χ0) is 16.7. The molecule has 4 rings (SSSR count). The van der Waals surface area contributed by atoms with Crippen LogP contribution in [0.3, 0.4) is 0 Å². The molecule has 2 fully saturated rings. The lowest BCUT2D eigenvalue weighted by atomic mass is 9.67. The van der Waals surface area contributed by atoms with Crippen molar-refractivity contribution < 1.29 is 14.3 Å². The number of hydrogen-bond donors (Lipinski definition) is 0. The second kappa shape index (κ2) is 6.23. The molecule has 3 aliphatic rings. The highest BCUT2D eigenvalue weighted by molar-refractivity contribution is 5.99. The molecule has 4 heteroatoms. The van der Waals surface area contributed by atoms with E-state index in [1.54, 1.807) is 7.11 Å². The number of nitrogens with zero attached hydrogens (tertiary/aromatic N) is 1. The molecule has 1 amide bonds. The van der Waals surface area contributed by atoms with Crippen LogP contribution in [0.15, 0.2) is 18.2 Å². The van der Waals surface area contributed by atoms with Gasteiger partial charge in [0.05, 0.1) is 12.8 Å². The maximum Gasteiger partial charge on any atom is 0.230 e. The molecule has 1 heterocycles. The number of ether oxygens (including phenoxy) is 1. The third-order valence-electron chi connectivity index (χ3n) is 6.06. The summed E-state index contributed by atoms with van der Waals surface area (Å²) in [7, 11) is 1.66. The van der Waals surface area contributed by atoms with Gasteiger partial charge in [0.25, 0.3) is 0 Å². The zero-order valence-electron chi connectivity index (χ0n) is 14.3. The van der Waals surface area contributed by atoms with Crippen molar-refractivity contribution in [3.05, 3.63) is 23.8 Å². The molecule has 2 aliphatic carbocycles. The third kappa shape index (κ3) is 2.52. The Balaban J connectivity index is 1.61. The van der Waals surface area contributed by atoms with Crippen LogP contribution in [0.25, 0.3) is 0 Å². The third-order valence-corrected chi connectivity index (χ3v) is 6.06. The maximum absolute atomic E-state index is 13.3. The Bertz CT molecular complexity index is 639. The highest BCUT2D eigenvalue weighted by Crippen LogP contribution is 2.43. The number of para-hydroxylation sites is 1. The Morgan fingerprint density at radius 2 is 1.92 bits per heavy atom. The van der Waals surface area contributed by atoms with Crippen LogP contribution in [0.1, 0.15) is 44.1 Å². The molecule has 128 valence electrons. The minimum atomic E-state index is -0.00568. The van der Waals surface area contributed by atoms with Crippen LogP contribution in [0, 0.1) is 17.8 Å². The van der Waals surface area contributed by atoms with E-state index in [4.69, 9.17) is 4.74 Å². The lowest BCUT2D eigenvalue weighted by molar-refractivity contribution is -0.136. The van der Waals surface area contributed by atoms with Crippen LogP contribution < -0.4 is 9.64 Å². The van der Waals surface area contributed by atoms with E-state index < -0.39 is 0 Å². The van der Waals surface area contributed by atoms with Crippen LogP contribution in [0.4, 0.5) is 5.69 Å². The van der Waals surface area contributed by atoms with Crippen LogP contribution in [-0.4, -0.2) is 25.3 Å². The SMILES string of the molecule is COc1cccc2c1N(C(=O)C1CC3CCCC(C1)C3=O)CCC2. The summed E-state index contributed by atoms with van der Waals surface area (Å²) < 4.78 is 5.52. The normalized spacial score (nSPS) is 29.1. The number of Topliss-reactive ketones (excluding diaryl/α,β-unsaturated/α-hetero) is 1. The van der Waals surface area contributed by atoms with Crippen LogP contribution in [0.2, 0.25) is 0 Å². The average molecular weight is 327 g/mol. The minimum Gasteiger partial charge on any atom is -0.495 e. The van der Waals surface area contributed by atoms with E-state index in [9.17, 15) is 9.59 Å². The number of ketones is 1. The summed E-state index contributed by atoms with van der Waals surface area (Å²) in [5.41, 5.74) is 2.15. The van der Waals surface area contributed by atoms with Crippen LogP contribution in [0.5, 0.6) is 5.75 Å². The van der Waals surface area contributed by atoms with Crippen molar-refractivity contribution in [1.82, 2.24) is 0 Å². The molecular weight excluding hydrogens is 302 g/mol. The quantitative estimate of drug-likeness (QED) is 0.837. The molecule has 2 saturated carbocycles. The lowest BCUT2D eigenvalue weighted by Crippen LogP contribution is -2.45. The number of rotatable bonds is 2. The fourth-order valence-corrected chi connectivity index (χ4v) is 4.90. The summed E-state index contributed by atoms with van der Waals surface area (Å²) in [6, 6.07) is 6.02. The molecule has 0 spiro atoms. The first-order chi connectivity index (χ1) is 11.7. The fourth-order valence-electron chi connectivity index (χ4n) is 4.90. The molecule has 0 aromatic heterocycles. The van der Waals surface area contributed by atoms with E-state index in [2.05, 4.69) is 6.07 Å². The second-order valence-electron chi connectivity index (χ2n) is 7.46. The van der Waals surface area contributed by atoms with Crippen molar-refractivity contribution in [3.8, 4) is 5.75 Å². The molecule has 0 N–H and O–H groups in total. The van der Waals surface area contributed by atoms with Gasteiger partial charge in [-0.2, -0.15) is 0 Å².